The zero-order valence-corrected chi connectivity index (χ0v) is 47.5. The average Bonchev–Trinajstić information content (AvgIpc) is 2.36. The summed E-state index contributed by atoms with van der Waals surface area (Å²) in [5.74, 6) is -3.68. The lowest BCUT2D eigenvalue weighted by molar-refractivity contribution is -0.870. The van der Waals surface area contributed by atoms with Crippen LogP contribution in [0.1, 0.15) is 82.0 Å². The predicted molar refractivity (Wildman–Crippen MR) is 302 cm³/mol. The summed E-state index contributed by atoms with van der Waals surface area (Å²) in [7, 11) is 3.23. The normalized spacial score (nSPS) is 14.6. The van der Waals surface area contributed by atoms with Crippen molar-refractivity contribution in [2.24, 2.45) is 0 Å². The van der Waals surface area contributed by atoms with Crippen molar-refractivity contribution in [1.82, 2.24) is 24.7 Å². The summed E-state index contributed by atoms with van der Waals surface area (Å²) in [6.07, 6.45) is 6.27. The van der Waals surface area contributed by atoms with E-state index in [1.165, 1.54) is 22.7 Å². The minimum atomic E-state index is -4.73. The van der Waals surface area contributed by atoms with Gasteiger partial charge in [-0.25, -0.2) is 4.79 Å². The Balaban J connectivity index is 0.862. The van der Waals surface area contributed by atoms with Crippen LogP contribution >= 0.6 is 11.3 Å². The topological polar surface area (TPSA) is 283 Å². The van der Waals surface area contributed by atoms with Crippen molar-refractivity contribution in [3.63, 3.8) is 0 Å². The Labute approximate surface area is 475 Å². The van der Waals surface area contributed by atoms with Crippen molar-refractivity contribution >= 4 is 82.3 Å². The highest BCUT2D eigenvalue weighted by molar-refractivity contribution is 7.85. The fraction of sp³-hybridized carbons (Fsp3) is 0.352. The Morgan fingerprint density at radius 2 is 1.71 bits per heavy atom. The summed E-state index contributed by atoms with van der Waals surface area (Å²) in [5.41, 5.74) is 3.26. The number of hydrogen-bond donors (Lipinski definition) is 5. The van der Waals surface area contributed by atoms with Gasteiger partial charge in [0.1, 0.15) is 36.0 Å². The second-order valence-electron chi connectivity index (χ2n) is 20.6. The number of nitrogens with zero attached hydrogens (tertiary/aromatic N) is 6. The summed E-state index contributed by atoms with van der Waals surface area (Å²) in [6, 6.07) is 14.8. The van der Waals surface area contributed by atoms with Crippen LogP contribution in [0.4, 0.5) is 19.1 Å². The number of aryl methyl sites for hydroxylation is 1. The molecule has 438 valence electrons. The van der Waals surface area contributed by atoms with E-state index >= 15 is 8.63 Å². The van der Waals surface area contributed by atoms with E-state index < -0.39 is 75.3 Å². The molecule has 3 aromatic heterocycles. The van der Waals surface area contributed by atoms with Gasteiger partial charge in [-0.3, -0.25) is 33.9 Å². The number of nitro benzene ring substituents is 1. The number of amides is 2. The molecule has 2 aliphatic rings. The number of aromatic nitrogens is 2. The van der Waals surface area contributed by atoms with Crippen LogP contribution in [-0.4, -0.2) is 168 Å². The molecule has 7 rings (SSSR count). The standard InChI is InChI=1S/C54H63BF2N8O15S2/c1-35-28-40(61-44(35)31-45-38(10-7-24-65(4,5)6)30-47(49-11-9-27-81-49)62(45)55(61,56)57)16-13-37-14-17-41(18-15-37)77-25-8-12-50(67)59-43(34-82(74,75)76)53(70)58-21-22-60(3)23-26-78-48-32-46(64(72)73)42(29-39(48)33-66)36(2)79-54(71)80-63-51(68)19-20-52(63)69/h9,11,13-20,27-33,36,43H,7-8,10,12,21-26,34H2,1-6H3,(H4-,58,59,67,68,69,70,74,75,76)/p+1. The van der Waals surface area contributed by atoms with Crippen molar-refractivity contribution in [2.75, 3.05) is 73.3 Å². The SMILES string of the molecule is Cc1cc(C=Cc2ccc(OCCCC(=O)NC(CS(=O)(=O)O)C(=O)NCCN(C)CCOc3cc([N+](=O)[O-])c(C(C)OC(=O)On4c(O)ccc4O)cc3C=O)cc2)n2c1C=C1C(CCC[N+](C)(C)C)=CC(c3cccs3)=[N+]1[B-]2(F)F. The van der Waals surface area contributed by atoms with Crippen LogP contribution in [-0.2, 0) is 24.4 Å². The third kappa shape index (κ3) is 15.6. The Morgan fingerprint density at radius 1 is 0.988 bits per heavy atom. The average molecular weight is 1180 g/mol. The van der Waals surface area contributed by atoms with E-state index in [9.17, 15) is 52.5 Å². The maximum Gasteiger partial charge on any atom is 0.737 e. The highest BCUT2D eigenvalue weighted by Crippen LogP contribution is 2.41. The number of nitrogens with one attached hydrogen (secondary N) is 2. The summed E-state index contributed by atoms with van der Waals surface area (Å²) in [5, 5.41) is 38.1. The summed E-state index contributed by atoms with van der Waals surface area (Å²) >= 11 is 1.42. The molecular formula is C54H64BF2N8O15S2+. The van der Waals surface area contributed by atoms with E-state index in [1.54, 1.807) is 54.4 Å². The summed E-state index contributed by atoms with van der Waals surface area (Å²) in [6.45, 7) is -0.113. The molecule has 0 saturated heterocycles. The van der Waals surface area contributed by atoms with E-state index in [0.29, 0.717) is 51.5 Å². The smallest absolute Gasteiger partial charge is 0.494 e. The zero-order chi connectivity index (χ0) is 59.7. The van der Waals surface area contributed by atoms with E-state index in [1.807, 2.05) is 36.6 Å². The molecule has 0 spiro atoms. The third-order valence-corrected chi connectivity index (χ3v) is 14.9. The van der Waals surface area contributed by atoms with Gasteiger partial charge in [0.25, 0.3) is 15.8 Å². The number of nitro groups is 1. The van der Waals surface area contributed by atoms with Gasteiger partial charge in [0.15, 0.2) is 17.7 Å². The molecule has 2 aromatic carbocycles. The molecule has 0 radical (unpaired) electrons. The number of aromatic hydroxyl groups is 2. The van der Waals surface area contributed by atoms with Crippen molar-refractivity contribution in [1.29, 1.82) is 0 Å². The molecule has 5 heterocycles. The minimum Gasteiger partial charge on any atom is -0.494 e. The largest absolute Gasteiger partial charge is 0.737 e. The highest BCUT2D eigenvalue weighted by atomic mass is 32.2. The Bertz CT molecular complexity index is 3420. The number of carbonyl (C=O) groups excluding carboxylic acids is 4. The Morgan fingerprint density at radius 3 is 2.35 bits per heavy atom. The van der Waals surface area contributed by atoms with Crippen LogP contribution in [0.5, 0.6) is 23.3 Å². The summed E-state index contributed by atoms with van der Waals surface area (Å²) < 4.78 is 87.4. The number of halogens is 2. The lowest BCUT2D eigenvalue weighted by Gasteiger charge is -2.31. The van der Waals surface area contributed by atoms with Gasteiger partial charge in [-0.1, -0.05) is 24.3 Å². The van der Waals surface area contributed by atoms with Crippen molar-refractivity contribution in [2.45, 2.75) is 51.7 Å². The van der Waals surface area contributed by atoms with Gasteiger partial charge in [0.05, 0.1) is 61.3 Å². The molecule has 0 aliphatic carbocycles. The van der Waals surface area contributed by atoms with Gasteiger partial charge in [-0.05, 0) is 86.7 Å². The van der Waals surface area contributed by atoms with Crippen LogP contribution in [0, 0.1) is 17.0 Å². The van der Waals surface area contributed by atoms with Crippen LogP contribution in [0.3, 0.4) is 0 Å². The Hall–Kier alpha value is -8.18. The van der Waals surface area contributed by atoms with Gasteiger partial charge in [-0.2, -0.15) is 8.42 Å². The van der Waals surface area contributed by atoms with E-state index in [-0.39, 0.29) is 62.6 Å². The highest BCUT2D eigenvalue weighted by Gasteiger charge is 2.54. The molecule has 2 aliphatic heterocycles. The third-order valence-electron chi connectivity index (χ3n) is 13.3. The Kier molecular flexibility index (Phi) is 19.6. The molecule has 0 saturated carbocycles. The first-order valence-electron chi connectivity index (χ1n) is 25.9. The van der Waals surface area contributed by atoms with E-state index in [4.69, 9.17) is 19.0 Å². The van der Waals surface area contributed by atoms with Gasteiger partial charge >= 0.3 is 13.1 Å². The summed E-state index contributed by atoms with van der Waals surface area (Å²) in [4.78, 5) is 68.7. The molecule has 2 atom stereocenters. The lowest BCUT2D eigenvalue weighted by Crippen LogP contribution is -2.51. The molecule has 0 bridgehead atoms. The van der Waals surface area contributed by atoms with Gasteiger partial charge in [0, 0.05) is 73.7 Å². The molecule has 2 unspecified atom stereocenters. The van der Waals surface area contributed by atoms with E-state index in [0.717, 1.165) is 62.2 Å². The predicted octanol–water partition coefficient (Wildman–Crippen LogP) is 6.45. The maximum absolute atomic E-state index is 17.0. The molecule has 5 aromatic rings. The maximum atomic E-state index is 17.0. The second-order valence-corrected chi connectivity index (χ2v) is 23.0. The fourth-order valence-electron chi connectivity index (χ4n) is 9.21. The van der Waals surface area contributed by atoms with Crippen LogP contribution in [0.2, 0.25) is 0 Å². The number of carbonyl (C=O) groups is 4. The number of benzene rings is 2. The number of quaternary nitrogens is 1. The van der Waals surface area contributed by atoms with Gasteiger partial charge in [-0.15, -0.1) is 16.1 Å². The first kappa shape index (κ1) is 61.4. The first-order chi connectivity index (χ1) is 38.7. The molecule has 28 heteroatoms. The molecular weight excluding hydrogens is 1110 g/mol. The number of aldehydes is 1. The molecule has 82 heavy (non-hydrogen) atoms. The van der Waals surface area contributed by atoms with Crippen molar-refractivity contribution < 1.29 is 83.9 Å². The van der Waals surface area contributed by atoms with Gasteiger partial charge < -0.3 is 62.0 Å². The number of thiophene rings is 1. The first-order valence-corrected chi connectivity index (χ1v) is 28.4. The molecule has 5 N–H and O–H groups in total. The monoisotopic (exact) mass is 1180 g/mol. The number of fused-ring (bicyclic) bond motifs is 2. The van der Waals surface area contributed by atoms with Crippen molar-refractivity contribution in [3.05, 3.63) is 138 Å². The minimum absolute atomic E-state index is 0.0601. The second kappa shape index (κ2) is 26.2. The van der Waals surface area contributed by atoms with Crippen molar-refractivity contribution in [3.8, 4) is 23.3 Å². The van der Waals surface area contributed by atoms with Gasteiger partial charge in [0.2, 0.25) is 23.6 Å². The molecule has 2 amide bonds. The fourth-order valence-corrected chi connectivity index (χ4v) is 10.6. The number of allylic oxidation sites excluding steroid dienone is 2. The molecule has 0 fully saturated rings. The zero-order valence-electron chi connectivity index (χ0n) is 45.8. The van der Waals surface area contributed by atoms with Crippen LogP contribution in [0.25, 0.3) is 18.2 Å². The van der Waals surface area contributed by atoms with Crippen LogP contribution in [0.15, 0.2) is 89.5 Å². The number of ether oxygens (including phenoxy) is 3. The number of hydrogen-bond acceptors (Lipinski definition) is 16. The van der Waals surface area contributed by atoms with Crippen LogP contribution < -0.4 is 24.9 Å². The molecule has 23 nitrogen and oxygen atoms in total. The van der Waals surface area contributed by atoms with E-state index in [2.05, 4.69) is 31.8 Å². The number of likely N-dealkylation sites (N-methyl/N-ethyl adjacent to an activating group) is 1. The number of rotatable bonds is 28. The quantitative estimate of drug-likeness (QED) is 0.00526. The lowest BCUT2D eigenvalue weighted by atomic mass is 9.88.